The third-order valence-electron chi connectivity index (χ3n) is 6.02. The summed E-state index contributed by atoms with van der Waals surface area (Å²) in [5.41, 5.74) is 2.10. The van der Waals surface area contributed by atoms with Crippen LogP contribution in [-0.2, 0) is 9.53 Å². The van der Waals surface area contributed by atoms with Crippen LogP contribution >= 0.6 is 11.6 Å². The summed E-state index contributed by atoms with van der Waals surface area (Å²) in [6.07, 6.45) is 2.78. The normalized spacial score (nSPS) is 14.6. The number of halogens is 1. The number of carbonyl (C=O) groups excluding carboxylic acids is 2. The zero-order valence-electron chi connectivity index (χ0n) is 22.1. The number of hydrogen-bond acceptors (Lipinski definition) is 5. The summed E-state index contributed by atoms with van der Waals surface area (Å²) in [6, 6.07) is 12.9. The predicted octanol–water partition coefficient (Wildman–Crippen LogP) is 6.42. The third-order valence-corrected chi connectivity index (χ3v) is 6.62. The molecule has 2 amide bonds. The Morgan fingerprint density at radius 3 is 2.24 bits per heavy atom. The fourth-order valence-electron chi connectivity index (χ4n) is 4.03. The van der Waals surface area contributed by atoms with E-state index in [1.807, 2.05) is 52.8 Å². The topological polar surface area (TPSA) is 91.7 Å². The summed E-state index contributed by atoms with van der Waals surface area (Å²) in [5.74, 6) is 1.15. The van der Waals surface area contributed by atoms with Gasteiger partial charge in [0.1, 0.15) is 28.7 Å². The first-order valence-corrected chi connectivity index (χ1v) is 12.8. The first-order valence-electron chi connectivity index (χ1n) is 12.4. The van der Waals surface area contributed by atoms with Crippen molar-refractivity contribution in [3.8, 4) is 17.6 Å². The quantitative estimate of drug-likeness (QED) is 0.348. The average Bonchev–Trinajstić information content (AvgIpc) is 2.84. The van der Waals surface area contributed by atoms with Gasteiger partial charge in [-0.05, 0) is 100 Å². The van der Waals surface area contributed by atoms with E-state index in [1.54, 1.807) is 35.2 Å². The zero-order valence-corrected chi connectivity index (χ0v) is 22.8. The standard InChI is InChI=1S/C29H34ClN3O4/c1-19-14-25(15-20(2)26(19)30)36-24-8-6-21(7-9-24)16-23(17-31)27(34)32-18-22-10-12-33(13-11-22)28(35)37-29(3,4)5/h6-9,14-16,22H,10-13,18H2,1-5H3,(H,32,34)/b23-16+. The average molecular weight is 524 g/mol. The van der Waals surface area contributed by atoms with Crippen molar-refractivity contribution < 1.29 is 19.1 Å². The lowest BCUT2D eigenvalue weighted by atomic mass is 9.97. The molecule has 0 atom stereocenters. The predicted molar refractivity (Wildman–Crippen MR) is 145 cm³/mol. The molecule has 0 radical (unpaired) electrons. The summed E-state index contributed by atoms with van der Waals surface area (Å²) >= 11 is 6.22. The van der Waals surface area contributed by atoms with Crippen LogP contribution in [0.2, 0.25) is 5.02 Å². The van der Waals surface area contributed by atoms with Gasteiger partial charge < -0.3 is 19.7 Å². The summed E-state index contributed by atoms with van der Waals surface area (Å²) in [6.45, 7) is 11.0. The molecule has 2 aromatic rings. The van der Waals surface area contributed by atoms with Crippen LogP contribution in [0.15, 0.2) is 42.0 Å². The van der Waals surface area contributed by atoms with Gasteiger partial charge in [0.15, 0.2) is 0 Å². The molecule has 1 aliphatic heterocycles. The molecule has 196 valence electrons. The highest BCUT2D eigenvalue weighted by molar-refractivity contribution is 6.32. The zero-order chi connectivity index (χ0) is 27.2. The molecular formula is C29H34ClN3O4. The lowest BCUT2D eigenvalue weighted by Gasteiger charge is -2.33. The van der Waals surface area contributed by atoms with Gasteiger partial charge in [-0.15, -0.1) is 0 Å². The van der Waals surface area contributed by atoms with Gasteiger partial charge in [0.2, 0.25) is 0 Å². The Morgan fingerprint density at radius 1 is 1.11 bits per heavy atom. The molecule has 8 heteroatoms. The van der Waals surface area contributed by atoms with Crippen molar-refractivity contribution in [1.82, 2.24) is 10.2 Å². The van der Waals surface area contributed by atoms with E-state index < -0.39 is 11.5 Å². The Bertz CT molecular complexity index is 1180. The fourth-order valence-corrected chi connectivity index (χ4v) is 4.14. The summed E-state index contributed by atoms with van der Waals surface area (Å²) < 4.78 is 11.3. The molecule has 37 heavy (non-hydrogen) atoms. The Morgan fingerprint density at radius 2 is 1.70 bits per heavy atom. The van der Waals surface area contributed by atoms with Crippen LogP contribution < -0.4 is 10.1 Å². The highest BCUT2D eigenvalue weighted by Crippen LogP contribution is 2.29. The van der Waals surface area contributed by atoms with Crippen molar-refractivity contribution in [1.29, 1.82) is 5.26 Å². The number of ether oxygens (including phenoxy) is 2. The Kier molecular flexibility index (Phi) is 9.23. The minimum Gasteiger partial charge on any atom is -0.457 e. The number of carbonyl (C=O) groups is 2. The van der Waals surface area contributed by atoms with E-state index in [2.05, 4.69) is 5.32 Å². The van der Waals surface area contributed by atoms with Gasteiger partial charge in [0, 0.05) is 24.7 Å². The minimum atomic E-state index is -0.524. The maximum atomic E-state index is 12.6. The van der Waals surface area contributed by atoms with E-state index in [-0.39, 0.29) is 17.6 Å². The Labute approximate surface area is 224 Å². The molecule has 0 aliphatic carbocycles. The molecule has 1 heterocycles. The van der Waals surface area contributed by atoms with Gasteiger partial charge in [-0.1, -0.05) is 23.7 Å². The van der Waals surface area contributed by atoms with Crippen LogP contribution in [0, 0.1) is 31.1 Å². The maximum Gasteiger partial charge on any atom is 0.410 e. The number of nitrogens with zero attached hydrogens (tertiary/aromatic N) is 2. The molecule has 3 rings (SSSR count). The van der Waals surface area contributed by atoms with E-state index in [9.17, 15) is 14.9 Å². The largest absolute Gasteiger partial charge is 0.457 e. The molecule has 0 spiro atoms. The molecule has 7 nitrogen and oxygen atoms in total. The van der Waals surface area contributed by atoms with Crippen LogP contribution in [0.1, 0.15) is 50.3 Å². The number of nitrogens with one attached hydrogen (secondary N) is 1. The Balaban J connectivity index is 1.52. The van der Waals surface area contributed by atoms with Crippen LogP contribution in [0.25, 0.3) is 6.08 Å². The van der Waals surface area contributed by atoms with E-state index >= 15 is 0 Å². The van der Waals surface area contributed by atoms with Gasteiger partial charge in [-0.25, -0.2) is 4.79 Å². The molecular weight excluding hydrogens is 490 g/mol. The van der Waals surface area contributed by atoms with Crippen molar-refractivity contribution >= 4 is 29.7 Å². The van der Waals surface area contributed by atoms with E-state index in [1.165, 1.54) is 0 Å². The van der Waals surface area contributed by atoms with Crippen molar-refractivity contribution in [2.45, 2.75) is 53.1 Å². The first-order chi connectivity index (χ1) is 17.4. The molecule has 1 aliphatic rings. The number of aryl methyl sites for hydroxylation is 2. The van der Waals surface area contributed by atoms with Crippen LogP contribution in [0.4, 0.5) is 4.79 Å². The van der Waals surface area contributed by atoms with Gasteiger partial charge >= 0.3 is 6.09 Å². The second kappa shape index (κ2) is 12.2. The van der Waals surface area contributed by atoms with E-state index in [0.717, 1.165) is 29.0 Å². The number of benzene rings is 2. The van der Waals surface area contributed by atoms with Crippen LogP contribution in [0.5, 0.6) is 11.5 Å². The molecule has 0 saturated carbocycles. The molecule has 0 unspecified atom stereocenters. The molecule has 0 aromatic heterocycles. The van der Waals surface area contributed by atoms with Crippen molar-refractivity contribution in [3.63, 3.8) is 0 Å². The SMILES string of the molecule is Cc1cc(Oc2ccc(/C=C(\C#N)C(=O)NCC3CCN(C(=O)OC(C)(C)C)CC3)cc2)cc(C)c1Cl. The molecule has 1 fully saturated rings. The summed E-state index contributed by atoms with van der Waals surface area (Å²) in [5, 5.41) is 13.1. The van der Waals surface area contributed by atoms with E-state index in [4.69, 9.17) is 21.1 Å². The number of nitriles is 1. The summed E-state index contributed by atoms with van der Waals surface area (Å²) in [4.78, 5) is 26.5. The number of likely N-dealkylation sites (tertiary alicyclic amines) is 1. The monoisotopic (exact) mass is 523 g/mol. The molecule has 2 aromatic carbocycles. The van der Waals surface area contributed by atoms with Crippen LogP contribution in [0.3, 0.4) is 0 Å². The van der Waals surface area contributed by atoms with Gasteiger partial charge in [-0.2, -0.15) is 5.26 Å². The fraction of sp³-hybridized carbons (Fsp3) is 0.414. The smallest absolute Gasteiger partial charge is 0.410 e. The van der Waals surface area contributed by atoms with E-state index in [0.29, 0.717) is 36.7 Å². The lowest BCUT2D eigenvalue weighted by molar-refractivity contribution is -0.117. The Hall–Kier alpha value is -3.50. The van der Waals surface area contributed by atoms with Crippen molar-refractivity contribution in [3.05, 3.63) is 63.7 Å². The molecule has 1 N–H and O–H groups in total. The van der Waals surface area contributed by atoms with Crippen LogP contribution in [-0.4, -0.2) is 42.1 Å². The number of hydrogen-bond donors (Lipinski definition) is 1. The number of rotatable bonds is 6. The minimum absolute atomic E-state index is 0.0313. The van der Waals surface area contributed by atoms with Gasteiger partial charge in [0.05, 0.1) is 0 Å². The second-order valence-corrected chi connectivity index (χ2v) is 10.7. The molecule has 0 bridgehead atoms. The summed E-state index contributed by atoms with van der Waals surface area (Å²) in [7, 11) is 0. The second-order valence-electron chi connectivity index (χ2n) is 10.3. The molecule has 1 saturated heterocycles. The number of amides is 2. The van der Waals surface area contributed by atoms with Crippen molar-refractivity contribution in [2.75, 3.05) is 19.6 Å². The lowest BCUT2D eigenvalue weighted by Crippen LogP contribution is -2.43. The highest BCUT2D eigenvalue weighted by atomic mass is 35.5. The van der Waals surface area contributed by atoms with Gasteiger partial charge in [0.25, 0.3) is 5.91 Å². The number of piperidine rings is 1. The maximum absolute atomic E-state index is 12.6. The third kappa shape index (κ3) is 8.26. The van der Waals surface area contributed by atoms with Gasteiger partial charge in [-0.3, -0.25) is 4.79 Å². The van der Waals surface area contributed by atoms with Crippen molar-refractivity contribution in [2.24, 2.45) is 5.92 Å². The highest BCUT2D eigenvalue weighted by Gasteiger charge is 2.27. The first kappa shape index (κ1) is 28.1.